The van der Waals surface area contributed by atoms with Crippen LogP contribution in [-0.2, 0) is 11.2 Å². The molecule has 0 aliphatic carbocycles. The lowest BCUT2D eigenvalue weighted by molar-refractivity contribution is -0.124. The Morgan fingerprint density at radius 1 is 1.05 bits per heavy atom. The monoisotopic (exact) mass is 499 g/mol. The van der Waals surface area contributed by atoms with Crippen molar-refractivity contribution in [3.8, 4) is 11.5 Å². The van der Waals surface area contributed by atoms with E-state index in [9.17, 15) is 9.59 Å². The number of rotatable bonds is 10. The van der Waals surface area contributed by atoms with Gasteiger partial charge in [0.2, 0.25) is 0 Å². The van der Waals surface area contributed by atoms with E-state index >= 15 is 0 Å². The molecular formula is C29H29N3O5. The minimum atomic E-state index is -0.635. The number of H-pyrrole nitrogens is 1. The molecule has 0 radical (unpaired) electrons. The van der Waals surface area contributed by atoms with Gasteiger partial charge in [-0.2, -0.15) is 0 Å². The van der Waals surface area contributed by atoms with Crippen LogP contribution in [0, 0.1) is 6.92 Å². The van der Waals surface area contributed by atoms with Gasteiger partial charge in [-0.05, 0) is 60.9 Å². The van der Waals surface area contributed by atoms with Crippen LogP contribution in [0.3, 0.4) is 0 Å². The number of para-hydroxylation sites is 1. The van der Waals surface area contributed by atoms with Crippen LogP contribution in [0.15, 0.2) is 79.0 Å². The summed E-state index contributed by atoms with van der Waals surface area (Å²) in [7, 11) is 1.53. The number of aromatic amines is 1. The highest BCUT2D eigenvalue weighted by Crippen LogP contribution is 2.29. The molecule has 0 saturated carbocycles. The first-order valence-electron chi connectivity index (χ1n) is 11.8. The normalized spacial score (nSPS) is 11.9. The van der Waals surface area contributed by atoms with Crippen LogP contribution in [0.1, 0.15) is 27.0 Å². The minimum absolute atomic E-state index is 0.178. The molecule has 3 aromatic carbocycles. The Morgan fingerprint density at radius 3 is 2.59 bits per heavy atom. The molecule has 0 saturated heterocycles. The molecule has 0 aliphatic heterocycles. The van der Waals surface area contributed by atoms with E-state index in [1.165, 1.54) is 13.2 Å². The molecule has 1 aromatic heterocycles. The number of hydrogen-bond acceptors (Lipinski definition) is 5. The second-order valence-electron chi connectivity index (χ2n) is 8.63. The van der Waals surface area contributed by atoms with Crippen LogP contribution in [0.25, 0.3) is 17.0 Å². The largest absolute Gasteiger partial charge is 0.493 e. The van der Waals surface area contributed by atoms with Crippen molar-refractivity contribution in [2.45, 2.75) is 19.4 Å². The average molecular weight is 500 g/mol. The third-order valence-corrected chi connectivity index (χ3v) is 5.96. The molecular weight excluding hydrogens is 470 g/mol. The van der Waals surface area contributed by atoms with E-state index in [1.807, 2.05) is 49.5 Å². The van der Waals surface area contributed by atoms with Gasteiger partial charge in [-0.3, -0.25) is 14.8 Å². The summed E-state index contributed by atoms with van der Waals surface area (Å²) in [6, 6.07) is 20.3. The van der Waals surface area contributed by atoms with Gasteiger partial charge in [0, 0.05) is 28.7 Å². The number of aryl methyl sites for hydroxylation is 1. The molecule has 190 valence electrons. The number of amides is 2. The summed E-state index contributed by atoms with van der Waals surface area (Å²) in [5.41, 5.74) is 6.00. The van der Waals surface area contributed by atoms with Crippen molar-refractivity contribution in [3.05, 3.63) is 101 Å². The van der Waals surface area contributed by atoms with Crippen LogP contribution < -0.4 is 20.3 Å². The van der Waals surface area contributed by atoms with Crippen molar-refractivity contribution in [1.29, 1.82) is 0 Å². The highest BCUT2D eigenvalue weighted by atomic mass is 16.5. The summed E-state index contributed by atoms with van der Waals surface area (Å²) >= 11 is 0. The fraction of sp³-hybridized carbons (Fsp3) is 0.172. The van der Waals surface area contributed by atoms with Gasteiger partial charge >= 0.3 is 0 Å². The van der Waals surface area contributed by atoms with E-state index in [-0.39, 0.29) is 18.6 Å². The maximum Gasteiger partial charge on any atom is 0.267 e. The van der Waals surface area contributed by atoms with E-state index in [2.05, 4.69) is 10.3 Å². The SMILES string of the molecule is COc1cc(/C=C/C(=O)NO)ccc1OC[C@H](Cc1c[nH]c2ccccc12)NC(=O)c1ccc(C)cc1. The molecule has 1 heterocycles. The van der Waals surface area contributed by atoms with E-state index in [1.54, 1.807) is 41.9 Å². The Labute approximate surface area is 214 Å². The van der Waals surface area contributed by atoms with Gasteiger partial charge in [0.1, 0.15) is 6.61 Å². The maximum atomic E-state index is 13.0. The van der Waals surface area contributed by atoms with Crippen molar-refractivity contribution in [2.75, 3.05) is 13.7 Å². The van der Waals surface area contributed by atoms with Crippen molar-refractivity contribution in [1.82, 2.24) is 15.8 Å². The third kappa shape index (κ3) is 6.56. The summed E-state index contributed by atoms with van der Waals surface area (Å²) in [6.45, 7) is 2.18. The van der Waals surface area contributed by atoms with Crippen molar-refractivity contribution < 1.29 is 24.3 Å². The third-order valence-electron chi connectivity index (χ3n) is 5.96. The summed E-state index contributed by atoms with van der Waals surface area (Å²) in [4.78, 5) is 27.6. The molecule has 2 amide bonds. The Bertz CT molecular complexity index is 1410. The molecule has 8 heteroatoms. The van der Waals surface area contributed by atoms with Gasteiger partial charge in [0.15, 0.2) is 11.5 Å². The number of hydroxylamine groups is 1. The second-order valence-corrected chi connectivity index (χ2v) is 8.63. The van der Waals surface area contributed by atoms with Crippen LogP contribution in [0.2, 0.25) is 0 Å². The van der Waals surface area contributed by atoms with Gasteiger partial charge in [-0.25, -0.2) is 5.48 Å². The molecule has 0 spiro atoms. The predicted molar refractivity (Wildman–Crippen MR) is 142 cm³/mol. The summed E-state index contributed by atoms with van der Waals surface area (Å²) in [5.74, 6) is 0.161. The second kappa shape index (κ2) is 11.9. The summed E-state index contributed by atoms with van der Waals surface area (Å²) < 4.78 is 11.6. The molecule has 4 aromatic rings. The van der Waals surface area contributed by atoms with Crippen LogP contribution in [0.4, 0.5) is 0 Å². The smallest absolute Gasteiger partial charge is 0.267 e. The molecule has 4 N–H and O–H groups in total. The van der Waals surface area contributed by atoms with Gasteiger partial charge in [-0.15, -0.1) is 0 Å². The van der Waals surface area contributed by atoms with E-state index < -0.39 is 5.91 Å². The van der Waals surface area contributed by atoms with Gasteiger partial charge < -0.3 is 19.8 Å². The molecule has 1 atom stereocenters. The van der Waals surface area contributed by atoms with Crippen molar-refractivity contribution in [3.63, 3.8) is 0 Å². The first kappa shape index (κ1) is 25.5. The molecule has 4 rings (SSSR count). The summed E-state index contributed by atoms with van der Waals surface area (Å²) in [6.07, 6.45) is 5.26. The molecule has 0 aliphatic rings. The number of hydrogen-bond donors (Lipinski definition) is 4. The molecule has 0 unspecified atom stereocenters. The lowest BCUT2D eigenvalue weighted by Gasteiger charge is -2.20. The highest BCUT2D eigenvalue weighted by molar-refractivity contribution is 5.94. The number of fused-ring (bicyclic) bond motifs is 1. The Kier molecular flexibility index (Phi) is 8.22. The molecule has 8 nitrogen and oxygen atoms in total. The van der Waals surface area contributed by atoms with E-state index in [0.717, 1.165) is 22.0 Å². The van der Waals surface area contributed by atoms with Gasteiger partial charge in [0.25, 0.3) is 11.8 Å². The molecule has 37 heavy (non-hydrogen) atoms. The summed E-state index contributed by atoms with van der Waals surface area (Å²) in [5, 5.41) is 12.9. The van der Waals surface area contributed by atoms with Crippen LogP contribution in [-0.4, -0.2) is 41.8 Å². The van der Waals surface area contributed by atoms with Crippen LogP contribution in [0.5, 0.6) is 11.5 Å². The zero-order chi connectivity index (χ0) is 26.2. The topological polar surface area (TPSA) is 113 Å². The number of ether oxygens (including phenoxy) is 2. The minimum Gasteiger partial charge on any atom is -0.493 e. The average Bonchev–Trinajstić information content (AvgIpc) is 3.33. The molecule has 0 fully saturated rings. The van der Waals surface area contributed by atoms with Gasteiger partial charge in [-0.1, -0.05) is 42.0 Å². The Morgan fingerprint density at radius 2 is 1.84 bits per heavy atom. The standard InChI is InChI=1S/C29H29N3O5/c1-19-7-11-21(12-8-19)29(34)31-23(16-22-17-30-25-6-4-3-5-24(22)25)18-37-26-13-9-20(15-27(26)36-2)10-14-28(33)32-35/h3-15,17,23,30,35H,16,18H2,1-2H3,(H,31,34)(H,32,33)/b14-10+/t23-/m0/s1. The number of aromatic nitrogens is 1. The van der Waals surface area contributed by atoms with E-state index in [0.29, 0.717) is 29.0 Å². The lowest BCUT2D eigenvalue weighted by Crippen LogP contribution is -2.40. The van der Waals surface area contributed by atoms with Crippen molar-refractivity contribution in [2.24, 2.45) is 0 Å². The molecule has 0 bridgehead atoms. The number of carbonyl (C=O) groups excluding carboxylic acids is 2. The highest BCUT2D eigenvalue weighted by Gasteiger charge is 2.18. The Balaban J connectivity index is 1.53. The Hall–Kier alpha value is -4.56. The fourth-order valence-electron chi connectivity index (χ4n) is 4.00. The number of carbonyl (C=O) groups is 2. The van der Waals surface area contributed by atoms with Crippen molar-refractivity contribution >= 4 is 28.8 Å². The lowest BCUT2D eigenvalue weighted by atomic mass is 10.0. The van der Waals surface area contributed by atoms with Gasteiger partial charge in [0.05, 0.1) is 13.2 Å². The maximum absolute atomic E-state index is 13.0. The first-order chi connectivity index (χ1) is 18.0. The number of methoxy groups -OCH3 is 1. The zero-order valence-electron chi connectivity index (χ0n) is 20.7. The van der Waals surface area contributed by atoms with E-state index in [4.69, 9.17) is 14.7 Å². The number of nitrogens with one attached hydrogen (secondary N) is 3. The quantitative estimate of drug-likeness (QED) is 0.147. The predicted octanol–water partition coefficient (Wildman–Crippen LogP) is 4.42. The first-order valence-corrected chi connectivity index (χ1v) is 11.8. The fourth-order valence-corrected chi connectivity index (χ4v) is 4.00. The van der Waals surface area contributed by atoms with Crippen LogP contribution >= 0.6 is 0 Å². The zero-order valence-corrected chi connectivity index (χ0v) is 20.7. The number of benzene rings is 3.